The third-order valence-corrected chi connectivity index (χ3v) is 15.6. The van der Waals surface area contributed by atoms with Crippen molar-refractivity contribution in [1.82, 2.24) is 0 Å². The second-order valence-electron chi connectivity index (χ2n) is 17.3. The SMILES string of the molecule is COC1COC(OC2COC(OC3COC(OC4COC(OC)C(OS(=O)(=O)O)C4OS(=O)(=O)O)C(OC4OC(C(=O)O)C(OC)C(OS(=O)(=O)O)C4OS(=O)(=O)O)C3OS(=O)(=O)O)C(OS(=O)(=O)O)C2OS(=O)(=O)O)C(OS(=O)(=O)O)C1OS(=O)(=O)O. The second-order valence-corrected chi connectivity index (χ2v) is 26.7. The molecule has 50 nitrogen and oxygen atoms in total. The highest BCUT2D eigenvalue weighted by Crippen LogP contribution is 2.39. The van der Waals surface area contributed by atoms with Crippen molar-refractivity contribution in [3.63, 3.8) is 0 Å². The Hall–Kier alpha value is -2.18. The molecule has 59 heteroatoms. The van der Waals surface area contributed by atoms with Gasteiger partial charge in [-0.2, -0.15) is 75.8 Å². The normalized spacial score (nSPS) is 36.4. The molecule has 0 radical (unpaired) electrons. The van der Waals surface area contributed by atoms with Gasteiger partial charge in [-0.05, 0) is 0 Å². The van der Waals surface area contributed by atoms with Crippen LogP contribution >= 0.6 is 0 Å². The summed E-state index contributed by atoms with van der Waals surface area (Å²) in [7, 11) is -52.1. The van der Waals surface area contributed by atoms with Gasteiger partial charge in [0.05, 0.1) is 26.4 Å². The predicted molar refractivity (Wildman–Crippen MR) is 251 cm³/mol. The highest BCUT2D eigenvalue weighted by Gasteiger charge is 2.60. The lowest BCUT2D eigenvalue weighted by molar-refractivity contribution is -0.375. The molecule has 0 aliphatic carbocycles. The zero-order valence-corrected chi connectivity index (χ0v) is 50.3. The maximum atomic E-state index is 12.8. The number of rotatable bonds is 30. The second kappa shape index (κ2) is 29.2. The van der Waals surface area contributed by atoms with E-state index in [0.717, 1.165) is 14.2 Å². The quantitative estimate of drug-likeness (QED) is 0.0299. The molecule has 88 heavy (non-hydrogen) atoms. The van der Waals surface area contributed by atoms with Crippen LogP contribution in [0.25, 0.3) is 0 Å². The Bertz CT molecular complexity index is 3470. The first kappa shape index (κ1) is 76.5. The number of hydrogen-bond acceptors (Lipinski definition) is 40. The van der Waals surface area contributed by atoms with Gasteiger partial charge in [-0.3, -0.25) is 41.0 Å². The number of ether oxygens (including phenoxy) is 12. The molecule has 5 aliphatic rings. The van der Waals surface area contributed by atoms with Crippen molar-refractivity contribution in [3.05, 3.63) is 0 Å². The summed E-state index contributed by atoms with van der Waals surface area (Å²) >= 11 is 0. The molecule has 0 amide bonds. The molecule has 5 saturated heterocycles. The Balaban J connectivity index is 1.72. The Kier molecular flexibility index (Phi) is 25.4. The molecule has 0 bridgehead atoms. The van der Waals surface area contributed by atoms with Crippen LogP contribution in [0, 0.1) is 0 Å². The molecule has 5 rings (SSSR count). The molecule has 21 atom stereocenters. The van der Waals surface area contributed by atoms with Gasteiger partial charge >= 0.3 is 99.6 Å². The Morgan fingerprint density at radius 1 is 0.295 bits per heavy atom. The molecule has 5 aliphatic heterocycles. The number of aliphatic carboxylic acids is 1. The Morgan fingerprint density at radius 2 is 0.545 bits per heavy atom. The fourth-order valence-electron chi connectivity index (χ4n) is 8.52. The number of carboxylic acids is 1. The molecule has 0 saturated carbocycles. The first-order valence-electron chi connectivity index (χ1n) is 22.3. The van der Waals surface area contributed by atoms with Gasteiger partial charge in [0, 0.05) is 21.3 Å². The highest BCUT2D eigenvalue weighted by molar-refractivity contribution is 7.82. The van der Waals surface area contributed by atoms with Crippen LogP contribution in [-0.4, -0.2) is 305 Å². The Labute approximate surface area is 495 Å². The van der Waals surface area contributed by atoms with E-state index in [-0.39, 0.29) is 0 Å². The molecule has 0 aromatic heterocycles. The largest absolute Gasteiger partial charge is 0.479 e. The van der Waals surface area contributed by atoms with Crippen molar-refractivity contribution in [3.8, 4) is 0 Å². The van der Waals surface area contributed by atoms with Crippen molar-refractivity contribution >= 4 is 99.6 Å². The van der Waals surface area contributed by atoms with E-state index < -0.39 is 255 Å². The van der Waals surface area contributed by atoms with Gasteiger partial charge in [0.25, 0.3) is 0 Å². The van der Waals surface area contributed by atoms with Gasteiger partial charge in [-0.15, -0.1) is 0 Å². The van der Waals surface area contributed by atoms with Gasteiger partial charge in [-0.1, -0.05) is 0 Å². The number of carbonyl (C=O) groups is 1. The fourth-order valence-corrected chi connectivity index (χ4v) is 13.0. The maximum absolute atomic E-state index is 12.8. The highest BCUT2D eigenvalue weighted by atomic mass is 32.3. The predicted octanol–water partition coefficient (Wildman–Crippen LogP) is -8.87. The molecular formula is C29H48O50S9. The van der Waals surface area contributed by atoms with Gasteiger partial charge < -0.3 is 61.9 Å². The maximum Gasteiger partial charge on any atom is 0.397 e. The van der Waals surface area contributed by atoms with Gasteiger partial charge in [-0.25, -0.2) is 42.4 Å². The van der Waals surface area contributed by atoms with Crippen LogP contribution in [-0.2, 0) is 193 Å². The molecule has 5 heterocycles. The summed E-state index contributed by atoms with van der Waals surface area (Å²) in [5.41, 5.74) is 0. The molecule has 21 unspecified atom stereocenters. The van der Waals surface area contributed by atoms with Gasteiger partial charge in [0.2, 0.25) is 0 Å². The lowest BCUT2D eigenvalue weighted by Crippen LogP contribution is -2.67. The molecule has 518 valence electrons. The van der Waals surface area contributed by atoms with Crippen molar-refractivity contribution in [1.29, 1.82) is 0 Å². The van der Waals surface area contributed by atoms with Crippen LogP contribution in [0.15, 0.2) is 0 Å². The average molecular weight is 1490 g/mol. The zero-order valence-electron chi connectivity index (χ0n) is 42.9. The van der Waals surface area contributed by atoms with Crippen molar-refractivity contribution in [2.75, 3.05) is 47.8 Å². The molecule has 5 fully saturated rings. The topological polar surface area (TPSA) is 720 Å². The third kappa shape index (κ3) is 23.4. The van der Waals surface area contributed by atoms with E-state index >= 15 is 0 Å². The van der Waals surface area contributed by atoms with E-state index in [4.69, 9.17) is 61.0 Å². The Morgan fingerprint density at radius 3 is 0.841 bits per heavy atom. The zero-order chi connectivity index (χ0) is 66.9. The molecule has 10 N–H and O–H groups in total. The summed E-state index contributed by atoms with van der Waals surface area (Å²) in [6.07, 6.45) is -58.8. The smallest absolute Gasteiger partial charge is 0.397 e. The summed E-state index contributed by atoms with van der Waals surface area (Å²) in [5, 5.41) is 10.1. The molecule has 0 aromatic carbocycles. The summed E-state index contributed by atoms with van der Waals surface area (Å²) in [6, 6.07) is 0. The average Bonchev–Trinajstić information content (AvgIpc) is 0.926. The van der Waals surface area contributed by atoms with Crippen LogP contribution in [0.3, 0.4) is 0 Å². The molecular weight excluding hydrogens is 1440 g/mol. The first-order chi connectivity index (χ1) is 39.9. The number of carboxylic acid groups (broad SMARTS) is 1. The van der Waals surface area contributed by atoms with Crippen molar-refractivity contribution < 1.29 is 221 Å². The van der Waals surface area contributed by atoms with E-state index in [2.05, 4.69) is 33.5 Å². The van der Waals surface area contributed by atoms with Crippen LogP contribution in [0.5, 0.6) is 0 Å². The minimum absolute atomic E-state index is 0.553. The lowest BCUT2D eigenvalue weighted by Gasteiger charge is -2.48. The van der Waals surface area contributed by atoms with Crippen molar-refractivity contribution in [2.24, 2.45) is 0 Å². The summed E-state index contributed by atoms with van der Waals surface area (Å²) in [6.45, 7) is -5.47. The van der Waals surface area contributed by atoms with E-state index in [1.165, 1.54) is 0 Å². The van der Waals surface area contributed by atoms with Gasteiger partial charge in [0.15, 0.2) is 62.0 Å². The summed E-state index contributed by atoms with van der Waals surface area (Å²) < 4.78 is 412. The fraction of sp³-hybridized carbons (Fsp3) is 0.966. The monoisotopic (exact) mass is 1480 g/mol. The minimum Gasteiger partial charge on any atom is -0.479 e. The number of hydrogen-bond donors (Lipinski definition) is 10. The van der Waals surface area contributed by atoms with Crippen LogP contribution in [0.1, 0.15) is 0 Å². The minimum atomic E-state index is -6.31. The van der Waals surface area contributed by atoms with Crippen LogP contribution in [0.2, 0.25) is 0 Å². The molecule has 0 spiro atoms. The first-order valence-corrected chi connectivity index (χ1v) is 34.6. The van der Waals surface area contributed by atoms with Gasteiger partial charge in [0.1, 0.15) is 67.1 Å². The van der Waals surface area contributed by atoms with E-state index in [1.54, 1.807) is 0 Å². The van der Waals surface area contributed by atoms with Crippen LogP contribution < -0.4 is 0 Å². The van der Waals surface area contributed by atoms with Crippen molar-refractivity contribution in [2.45, 2.75) is 129 Å². The lowest BCUT2D eigenvalue weighted by atomic mass is 9.98. The van der Waals surface area contributed by atoms with E-state index in [9.17, 15) is 127 Å². The molecule has 0 aromatic rings. The van der Waals surface area contributed by atoms with Crippen LogP contribution in [0.4, 0.5) is 0 Å². The third-order valence-electron chi connectivity index (χ3n) is 11.4. The summed E-state index contributed by atoms with van der Waals surface area (Å²) in [5.74, 6) is -2.29. The standard InChI is InChI=1S/C29H48O50S9/c1-59-8-4-63-27(21(77-86(50,51)52)12(8)71-80(32,33)34)68-11-7-65-28(22(78-87(53,54)55)15(11)74-83(41,42)43)67-9-6-64-26(66-10-5-62-25(61-3)20(76-85(47,48)49)14(10)73-82(38,39)40)19(13(9)72-81(35,36)37)70-29-23(79-88(56,57)58)17(75-84(44,45)46)16(60-2)18(69-29)24(30)31/h8-23,25-29H,4-7H2,1-3H3,(H,30,31)(H,32,33,34)(H,35,36,37)(H,38,39,40)(H,41,42,43)(H,44,45,46)(H,47,48,49)(H,50,51,52)(H,53,54,55)(H,56,57,58). The van der Waals surface area contributed by atoms with E-state index in [1.807, 2.05) is 0 Å². The van der Waals surface area contributed by atoms with E-state index in [0.29, 0.717) is 7.11 Å². The number of methoxy groups -OCH3 is 3. The summed E-state index contributed by atoms with van der Waals surface area (Å²) in [4.78, 5) is 12.6.